The summed E-state index contributed by atoms with van der Waals surface area (Å²) in [7, 11) is 0. The number of hydrogen-bond donors (Lipinski definition) is 1. The number of nitrogens with zero attached hydrogens (tertiary/aromatic N) is 2. The lowest BCUT2D eigenvalue weighted by atomic mass is 10.1. The zero-order chi connectivity index (χ0) is 16.9. The predicted molar refractivity (Wildman–Crippen MR) is 94.9 cm³/mol. The number of rotatable bonds is 5. The average Bonchev–Trinajstić information content (AvgIpc) is 3.05. The van der Waals surface area contributed by atoms with Gasteiger partial charge in [0.2, 0.25) is 11.8 Å². The first kappa shape index (κ1) is 16.3. The minimum absolute atomic E-state index is 0.110. The molecule has 0 spiro atoms. The largest absolute Gasteiger partial charge is 0.411 e. The standard InChI is InChI=1S/C18H17N3O2S/c1-12-8-10-14(11-9-12)17-20-21-18(23-17)24-13(2)16(22)19-15-6-4-3-5-7-15/h3-11,13H,1-2H3,(H,19,22)/t13-/m1/s1. The van der Waals surface area contributed by atoms with E-state index < -0.39 is 0 Å². The lowest BCUT2D eigenvalue weighted by molar-refractivity contribution is -0.115. The molecule has 0 bridgehead atoms. The van der Waals surface area contributed by atoms with E-state index >= 15 is 0 Å². The number of anilines is 1. The van der Waals surface area contributed by atoms with Crippen molar-refractivity contribution < 1.29 is 9.21 Å². The third kappa shape index (κ3) is 4.02. The number of thioether (sulfide) groups is 1. The second kappa shape index (κ2) is 7.31. The Hall–Kier alpha value is -2.60. The van der Waals surface area contributed by atoms with Crippen LogP contribution < -0.4 is 5.32 Å². The van der Waals surface area contributed by atoms with Gasteiger partial charge in [0.05, 0.1) is 5.25 Å². The molecule has 1 heterocycles. The highest BCUT2D eigenvalue weighted by molar-refractivity contribution is 8.00. The normalized spacial score (nSPS) is 11.9. The minimum Gasteiger partial charge on any atom is -0.411 e. The van der Waals surface area contributed by atoms with Crippen molar-refractivity contribution in [3.8, 4) is 11.5 Å². The molecular formula is C18H17N3O2S. The Morgan fingerprint density at radius 2 is 1.79 bits per heavy atom. The van der Waals surface area contributed by atoms with Crippen LogP contribution >= 0.6 is 11.8 Å². The molecule has 0 unspecified atom stereocenters. The van der Waals surface area contributed by atoms with Gasteiger partial charge in [-0.3, -0.25) is 4.79 Å². The Morgan fingerprint density at radius 3 is 2.50 bits per heavy atom. The molecule has 0 radical (unpaired) electrons. The van der Waals surface area contributed by atoms with E-state index in [1.54, 1.807) is 6.92 Å². The van der Waals surface area contributed by atoms with Gasteiger partial charge in [-0.15, -0.1) is 10.2 Å². The van der Waals surface area contributed by atoms with E-state index in [0.717, 1.165) is 11.3 Å². The van der Waals surface area contributed by atoms with Gasteiger partial charge in [-0.1, -0.05) is 47.7 Å². The van der Waals surface area contributed by atoms with Crippen LogP contribution in [0, 0.1) is 6.92 Å². The van der Waals surface area contributed by atoms with E-state index in [1.807, 2.05) is 61.5 Å². The molecule has 0 aliphatic carbocycles. The van der Waals surface area contributed by atoms with Crippen molar-refractivity contribution in [1.82, 2.24) is 10.2 Å². The Labute approximate surface area is 144 Å². The van der Waals surface area contributed by atoms with E-state index in [-0.39, 0.29) is 11.2 Å². The summed E-state index contributed by atoms with van der Waals surface area (Å²) in [5.74, 6) is 0.342. The third-order valence-electron chi connectivity index (χ3n) is 3.39. The zero-order valence-electron chi connectivity index (χ0n) is 13.4. The van der Waals surface area contributed by atoms with Crippen LogP contribution in [0.2, 0.25) is 0 Å². The predicted octanol–water partition coefficient (Wildman–Crippen LogP) is 4.16. The number of aromatic nitrogens is 2. The van der Waals surface area contributed by atoms with Gasteiger partial charge in [-0.05, 0) is 38.1 Å². The summed E-state index contributed by atoms with van der Waals surface area (Å²) in [6.45, 7) is 3.82. The molecular weight excluding hydrogens is 322 g/mol. The van der Waals surface area contributed by atoms with Gasteiger partial charge in [0.15, 0.2) is 0 Å². The molecule has 1 aromatic heterocycles. The Morgan fingerprint density at radius 1 is 1.08 bits per heavy atom. The van der Waals surface area contributed by atoms with Crippen molar-refractivity contribution in [2.75, 3.05) is 5.32 Å². The van der Waals surface area contributed by atoms with Crippen molar-refractivity contribution in [2.24, 2.45) is 0 Å². The van der Waals surface area contributed by atoms with Crippen molar-refractivity contribution in [1.29, 1.82) is 0 Å². The minimum atomic E-state index is -0.350. The van der Waals surface area contributed by atoms with Gasteiger partial charge in [0.1, 0.15) is 0 Å². The van der Waals surface area contributed by atoms with Gasteiger partial charge < -0.3 is 9.73 Å². The monoisotopic (exact) mass is 339 g/mol. The fourth-order valence-corrected chi connectivity index (χ4v) is 2.72. The summed E-state index contributed by atoms with van der Waals surface area (Å²) in [5, 5.41) is 10.9. The highest BCUT2D eigenvalue weighted by Gasteiger charge is 2.18. The second-order valence-electron chi connectivity index (χ2n) is 5.35. The first-order valence-corrected chi connectivity index (χ1v) is 8.43. The van der Waals surface area contributed by atoms with Crippen molar-refractivity contribution in [3.63, 3.8) is 0 Å². The van der Waals surface area contributed by atoms with Crippen LogP contribution in [-0.4, -0.2) is 21.4 Å². The van der Waals surface area contributed by atoms with Crippen LogP contribution in [0.4, 0.5) is 5.69 Å². The maximum absolute atomic E-state index is 12.2. The van der Waals surface area contributed by atoms with Crippen molar-refractivity contribution in [3.05, 3.63) is 60.2 Å². The molecule has 3 rings (SSSR count). The van der Waals surface area contributed by atoms with Crippen LogP contribution in [0.25, 0.3) is 11.5 Å². The maximum atomic E-state index is 12.2. The van der Waals surface area contributed by atoms with Crippen LogP contribution in [-0.2, 0) is 4.79 Å². The zero-order valence-corrected chi connectivity index (χ0v) is 14.2. The quantitative estimate of drug-likeness (QED) is 0.707. The SMILES string of the molecule is Cc1ccc(-c2nnc(S[C@H](C)C(=O)Nc3ccccc3)o2)cc1. The number of aryl methyl sites for hydroxylation is 1. The molecule has 5 nitrogen and oxygen atoms in total. The average molecular weight is 339 g/mol. The number of amides is 1. The third-order valence-corrected chi connectivity index (χ3v) is 4.33. The number of benzene rings is 2. The second-order valence-corrected chi connectivity index (χ2v) is 6.65. The van der Waals surface area contributed by atoms with Crippen molar-refractivity contribution >= 4 is 23.4 Å². The molecule has 122 valence electrons. The van der Waals surface area contributed by atoms with Gasteiger partial charge >= 0.3 is 0 Å². The molecule has 0 saturated heterocycles. The summed E-state index contributed by atoms with van der Waals surface area (Å²) >= 11 is 1.24. The number of para-hydroxylation sites is 1. The summed E-state index contributed by atoms with van der Waals surface area (Å²) in [4.78, 5) is 12.2. The Balaban J connectivity index is 1.63. The molecule has 0 saturated carbocycles. The van der Waals surface area contributed by atoms with Crippen LogP contribution in [0.5, 0.6) is 0 Å². The highest BCUT2D eigenvalue weighted by atomic mass is 32.2. The number of hydrogen-bond acceptors (Lipinski definition) is 5. The van der Waals surface area contributed by atoms with Crippen LogP contribution in [0.3, 0.4) is 0 Å². The van der Waals surface area contributed by atoms with Crippen LogP contribution in [0.15, 0.2) is 64.2 Å². The summed E-state index contributed by atoms with van der Waals surface area (Å²) in [6.07, 6.45) is 0. The van der Waals surface area contributed by atoms with Crippen molar-refractivity contribution in [2.45, 2.75) is 24.3 Å². The lowest BCUT2D eigenvalue weighted by Gasteiger charge is -2.09. The fraction of sp³-hybridized carbons (Fsp3) is 0.167. The Kier molecular flexibility index (Phi) is 4.96. The fourth-order valence-electron chi connectivity index (χ4n) is 2.04. The maximum Gasteiger partial charge on any atom is 0.277 e. The van der Waals surface area contributed by atoms with E-state index in [9.17, 15) is 4.79 Å². The molecule has 2 aromatic carbocycles. The molecule has 0 fully saturated rings. The van der Waals surface area contributed by atoms with E-state index in [2.05, 4.69) is 15.5 Å². The molecule has 0 aliphatic rings. The number of nitrogens with one attached hydrogen (secondary N) is 1. The summed E-state index contributed by atoms with van der Waals surface area (Å²) in [5.41, 5.74) is 2.79. The lowest BCUT2D eigenvalue weighted by Crippen LogP contribution is -2.22. The first-order chi connectivity index (χ1) is 11.6. The molecule has 6 heteroatoms. The number of carbonyl (C=O) groups is 1. The van der Waals surface area contributed by atoms with Gasteiger partial charge in [0, 0.05) is 11.3 Å². The highest BCUT2D eigenvalue weighted by Crippen LogP contribution is 2.26. The van der Waals surface area contributed by atoms with E-state index in [4.69, 9.17) is 4.42 Å². The molecule has 1 atom stereocenters. The Bertz CT molecular complexity index is 816. The van der Waals surface area contributed by atoms with E-state index in [0.29, 0.717) is 11.1 Å². The molecule has 1 N–H and O–H groups in total. The van der Waals surface area contributed by atoms with Crippen LogP contribution in [0.1, 0.15) is 12.5 Å². The summed E-state index contributed by atoms with van der Waals surface area (Å²) < 4.78 is 5.64. The van der Waals surface area contributed by atoms with Gasteiger partial charge in [-0.2, -0.15) is 0 Å². The molecule has 24 heavy (non-hydrogen) atoms. The molecule has 3 aromatic rings. The van der Waals surface area contributed by atoms with Gasteiger partial charge in [-0.25, -0.2) is 0 Å². The molecule has 0 aliphatic heterocycles. The number of carbonyl (C=O) groups excluding carboxylic acids is 1. The molecule has 1 amide bonds. The smallest absolute Gasteiger partial charge is 0.277 e. The van der Waals surface area contributed by atoms with Gasteiger partial charge in [0.25, 0.3) is 5.22 Å². The summed E-state index contributed by atoms with van der Waals surface area (Å²) in [6, 6.07) is 17.2. The topological polar surface area (TPSA) is 68.0 Å². The van der Waals surface area contributed by atoms with E-state index in [1.165, 1.54) is 17.3 Å². The first-order valence-electron chi connectivity index (χ1n) is 7.55.